The summed E-state index contributed by atoms with van der Waals surface area (Å²) in [5, 5.41) is 6.31. The molecule has 1 aromatic heterocycles. The van der Waals surface area contributed by atoms with Gasteiger partial charge in [0.05, 0.1) is 23.9 Å². The molecule has 19 heavy (non-hydrogen) atoms. The summed E-state index contributed by atoms with van der Waals surface area (Å²) < 4.78 is 18.8. The van der Waals surface area contributed by atoms with E-state index in [1.54, 1.807) is 24.5 Å². The number of rotatable bonds is 5. The number of methoxy groups -OCH3 is 1. The van der Waals surface area contributed by atoms with E-state index in [1.807, 2.05) is 19.2 Å². The second-order valence-corrected chi connectivity index (χ2v) is 5.23. The highest BCUT2D eigenvalue weighted by Gasteiger charge is 2.20. The molecule has 3 nitrogen and oxygen atoms in total. The zero-order valence-electron chi connectivity index (χ0n) is 11.2. The van der Waals surface area contributed by atoms with Gasteiger partial charge in [-0.1, -0.05) is 6.92 Å². The molecule has 1 atom stereocenters. The van der Waals surface area contributed by atoms with Crippen molar-refractivity contribution in [3.8, 4) is 5.75 Å². The van der Waals surface area contributed by atoms with E-state index in [1.165, 1.54) is 12.1 Å². The number of nitrogens with zero attached hydrogens (tertiary/aromatic N) is 1. The molecule has 0 saturated heterocycles. The molecule has 0 aliphatic heterocycles. The first-order valence-electron chi connectivity index (χ1n) is 6.14. The van der Waals surface area contributed by atoms with Crippen molar-refractivity contribution >= 4 is 11.3 Å². The fourth-order valence-electron chi connectivity index (χ4n) is 2.02. The van der Waals surface area contributed by atoms with Gasteiger partial charge in [0.1, 0.15) is 11.6 Å². The summed E-state index contributed by atoms with van der Waals surface area (Å²) in [5.74, 6) is 0.392. The van der Waals surface area contributed by atoms with Crippen molar-refractivity contribution in [2.75, 3.05) is 13.7 Å². The fourth-order valence-corrected chi connectivity index (χ4v) is 2.66. The van der Waals surface area contributed by atoms with Crippen molar-refractivity contribution in [2.24, 2.45) is 0 Å². The minimum atomic E-state index is -0.273. The molecular formula is C14H17FN2OS. The van der Waals surface area contributed by atoms with Crippen molar-refractivity contribution in [2.45, 2.75) is 19.9 Å². The lowest BCUT2D eigenvalue weighted by Crippen LogP contribution is -2.23. The van der Waals surface area contributed by atoms with Crippen LogP contribution in [0.2, 0.25) is 0 Å². The first-order chi connectivity index (χ1) is 9.15. The van der Waals surface area contributed by atoms with E-state index >= 15 is 0 Å². The molecule has 102 valence electrons. The topological polar surface area (TPSA) is 34.2 Å². The molecule has 1 heterocycles. The molecule has 0 aliphatic carbocycles. The molecule has 0 radical (unpaired) electrons. The van der Waals surface area contributed by atoms with Gasteiger partial charge < -0.3 is 10.1 Å². The van der Waals surface area contributed by atoms with Crippen LogP contribution < -0.4 is 10.1 Å². The second kappa shape index (κ2) is 6.12. The molecule has 2 rings (SSSR count). The van der Waals surface area contributed by atoms with Crippen LogP contribution in [0.3, 0.4) is 0 Å². The van der Waals surface area contributed by atoms with Crippen molar-refractivity contribution in [1.82, 2.24) is 10.3 Å². The molecule has 2 aromatic rings. The second-order valence-electron chi connectivity index (χ2n) is 4.17. The third-order valence-electron chi connectivity index (χ3n) is 2.84. The molecule has 0 spiro atoms. The number of halogens is 1. The molecule has 1 N–H and O–H groups in total. The highest BCUT2D eigenvalue weighted by molar-refractivity contribution is 7.09. The van der Waals surface area contributed by atoms with E-state index in [9.17, 15) is 4.39 Å². The summed E-state index contributed by atoms with van der Waals surface area (Å²) in [6.45, 7) is 4.74. The Bertz CT molecular complexity index is 556. The number of benzene rings is 1. The van der Waals surface area contributed by atoms with Crippen LogP contribution in [-0.2, 0) is 0 Å². The molecule has 5 heteroatoms. The molecule has 0 fully saturated rings. The predicted octanol–water partition coefficient (Wildman–Crippen LogP) is 3.30. The summed E-state index contributed by atoms with van der Waals surface area (Å²) in [6, 6.07) is 4.40. The molecule has 1 unspecified atom stereocenters. The molecule has 0 bridgehead atoms. The van der Waals surface area contributed by atoms with Gasteiger partial charge in [-0.05, 0) is 31.7 Å². The van der Waals surface area contributed by atoms with E-state index in [4.69, 9.17) is 4.74 Å². The summed E-state index contributed by atoms with van der Waals surface area (Å²) >= 11 is 1.59. The highest BCUT2D eigenvalue weighted by atomic mass is 32.1. The lowest BCUT2D eigenvalue weighted by atomic mass is 10.0. The molecule has 0 amide bonds. The highest BCUT2D eigenvalue weighted by Crippen LogP contribution is 2.31. The van der Waals surface area contributed by atoms with Crippen molar-refractivity contribution in [1.29, 1.82) is 0 Å². The van der Waals surface area contributed by atoms with Gasteiger partial charge in [-0.3, -0.25) is 0 Å². The number of aromatic nitrogens is 1. The molecule has 1 aromatic carbocycles. The van der Waals surface area contributed by atoms with Crippen LogP contribution in [0.4, 0.5) is 4.39 Å². The Balaban J connectivity index is 2.46. The minimum absolute atomic E-state index is 0.152. The number of aryl methyl sites for hydroxylation is 1. The van der Waals surface area contributed by atoms with Gasteiger partial charge in [0.15, 0.2) is 0 Å². The van der Waals surface area contributed by atoms with Crippen LogP contribution >= 0.6 is 11.3 Å². The SMILES string of the molecule is CCNC(c1csc(C)n1)c1cc(F)ccc1OC. The Kier molecular flexibility index (Phi) is 4.50. The minimum Gasteiger partial charge on any atom is -0.496 e. The standard InChI is InChI=1S/C14H17FN2OS/c1-4-16-14(12-8-19-9(2)17-12)11-7-10(15)5-6-13(11)18-3/h5-8,14,16H,4H2,1-3H3. The Labute approximate surface area is 116 Å². The van der Waals surface area contributed by atoms with Crippen molar-refractivity contribution in [3.63, 3.8) is 0 Å². The average Bonchev–Trinajstić information content (AvgIpc) is 2.82. The van der Waals surface area contributed by atoms with E-state index < -0.39 is 0 Å². The Morgan fingerprint density at radius 1 is 1.47 bits per heavy atom. The van der Waals surface area contributed by atoms with E-state index in [0.717, 1.165) is 22.8 Å². The van der Waals surface area contributed by atoms with Crippen molar-refractivity contribution in [3.05, 3.63) is 45.7 Å². The lowest BCUT2D eigenvalue weighted by Gasteiger charge is -2.19. The summed E-state index contributed by atoms with van der Waals surface area (Å²) in [5.41, 5.74) is 1.67. The van der Waals surface area contributed by atoms with Gasteiger partial charge in [0.2, 0.25) is 0 Å². The predicted molar refractivity (Wildman–Crippen MR) is 75.3 cm³/mol. The first kappa shape index (κ1) is 14.0. The van der Waals surface area contributed by atoms with E-state index in [0.29, 0.717) is 5.75 Å². The van der Waals surface area contributed by atoms with E-state index in [2.05, 4.69) is 10.3 Å². The number of ether oxygens (including phenoxy) is 1. The number of hydrogen-bond donors (Lipinski definition) is 1. The first-order valence-corrected chi connectivity index (χ1v) is 7.02. The zero-order valence-corrected chi connectivity index (χ0v) is 12.1. The quantitative estimate of drug-likeness (QED) is 0.912. The van der Waals surface area contributed by atoms with Crippen LogP contribution in [0, 0.1) is 12.7 Å². The van der Waals surface area contributed by atoms with Crippen molar-refractivity contribution < 1.29 is 9.13 Å². The third-order valence-corrected chi connectivity index (χ3v) is 3.64. The van der Waals surface area contributed by atoms with Gasteiger partial charge in [-0.15, -0.1) is 11.3 Å². The molecule has 0 aliphatic rings. The summed E-state index contributed by atoms with van der Waals surface area (Å²) in [4.78, 5) is 4.49. The lowest BCUT2D eigenvalue weighted by molar-refractivity contribution is 0.402. The normalized spacial score (nSPS) is 12.4. The van der Waals surface area contributed by atoms with Crippen LogP contribution in [0.15, 0.2) is 23.6 Å². The monoisotopic (exact) mass is 280 g/mol. The van der Waals surface area contributed by atoms with Gasteiger partial charge in [0, 0.05) is 10.9 Å². The zero-order chi connectivity index (χ0) is 13.8. The molecular weight excluding hydrogens is 263 g/mol. The Hall–Kier alpha value is -1.46. The van der Waals surface area contributed by atoms with Gasteiger partial charge in [0.25, 0.3) is 0 Å². The third kappa shape index (κ3) is 3.11. The number of thiazole rings is 1. The van der Waals surface area contributed by atoms with Crippen LogP contribution in [0.25, 0.3) is 0 Å². The van der Waals surface area contributed by atoms with Crippen LogP contribution in [-0.4, -0.2) is 18.6 Å². The maximum Gasteiger partial charge on any atom is 0.124 e. The maximum absolute atomic E-state index is 13.5. The van der Waals surface area contributed by atoms with E-state index in [-0.39, 0.29) is 11.9 Å². The average molecular weight is 280 g/mol. The Morgan fingerprint density at radius 3 is 2.84 bits per heavy atom. The smallest absolute Gasteiger partial charge is 0.124 e. The maximum atomic E-state index is 13.5. The number of nitrogens with one attached hydrogen (secondary N) is 1. The Morgan fingerprint density at radius 2 is 2.26 bits per heavy atom. The largest absolute Gasteiger partial charge is 0.496 e. The number of hydrogen-bond acceptors (Lipinski definition) is 4. The molecule has 0 saturated carbocycles. The van der Waals surface area contributed by atoms with Crippen LogP contribution in [0.1, 0.15) is 29.2 Å². The van der Waals surface area contributed by atoms with Gasteiger partial charge >= 0.3 is 0 Å². The van der Waals surface area contributed by atoms with Crippen LogP contribution in [0.5, 0.6) is 5.75 Å². The fraction of sp³-hybridized carbons (Fsp3) is 0.357. The summed E-state index contributed by atoms with van der Waals surface area (Å²) in [6.07, 6.45) is 0. The van der Waals surface area contributed by atoms with Gasteiger partial charge in [-0.2, -0.15) is 0 Å². The summed E-state index contributed by atoms with van der Waals surface area (Å²) in [7, 11) is 1.59. The van der Waals surface area contributed by atoms with Gasteiger partial charge in [-0.25, -0.2) is 9.37 Å².